The Labute approximate surface area is 124 Å². The number of carbonyl (C=O) groups is 2. The molecule has 5 heteroatoms. The van der Waals surface area contributed by atoms with Crippen molar-refractivity contribution in [2.75, 3.05) is 10.6 Å². The maximum absolute atomic E-state index is 12.4. The molecule has 0 saturated heterocycles. The molecule has 2 aromatic rings. The Bertz CT molecular complexity index is 756. The maximum atomic E-state index is 12.4. The van der Waals surface area contributed by atoms with Gasteiger partial charge < -0.3 is 5.73 Å². The summed E-state index contributed by atoms with van der Waals surface area (Å²) in [5, 5.41) is 0. The fourth-order valence-electron chi connectivity index (χ4n) is 2.31. The molecule has 20 heavy (non-hydrogen) atoms. The molecule has 0 atom stereocenters. The minimum absolute atomic E-state index is 0.290. The van der Waals surface area contributed by atoms with Crippen LogP contribution in [-0.4, -0.2) is 11.8 Å². The molecular weight excluding hydrogens is 320 g/mol. The van der Waals surface area contributed by atoms with Gasteiger partial charge in [0.25, 0.3) is 11.8 Å². The summed E-state index contributed by atoms with van der Waals surface area (Å²) < 4.78 is 0.928. The van der Waals surface area contributed by atoms with E-state index in [4.69, 9.17) is 5.73 Å². The standard InChI is InChI=1S/C15H11BrN2O2/c1-8-7-9(5-6-11(8)16)18-14(19)10-3-2-4-12(17)13(10)15(18)20/h2-7H,17H2,1H3. The Balaban J connectivity index is 2.14. The van der Waals surface area contributed by atoms with Crippen LogP contribution in [0, 0.1) is 6.92 Å². The fourth-order valence-corrected chi connectivity index (χ4v) is 2.56. The van der Waals surface area contributed by atoms with Crippen molar-refractivity contribution in [2.24, 2.45) is 0 Å². The number of carbonyl (C=O) groups excluding carboxylic acids is 2. The molecule has 1 aliphatic rings. The van der Waals surface area contributed by atoms with Crippen LogP contribution in [0.15, 0.2) is 40.9 Å². The second-order valence-corrected chi connectivity index (χ2v) is 5.50. The molecule has 0 spiro atoms. The first kappa shape index (κ1) is 12.9. The topological polar surface area (TPSA) is 63.4 Å². The van der Waals surface area contributed by atoms with Gasteiger partial charge in [-0.3, -0.25) is 9.59 Å². The van der Waals surface area contributed by atoms with Crippen molar-refractivity contribution in [1.82, 2.24) is 0 Å². The number of hydrogen-bond acceptors (Lipinski definition) is 3. The van der Waals surface area contributed by atoms with Gasteiger partial charge in [-0.1, -0.05) is 22.0 Å². The van der Waals surface area contributed by atoms with Crippen molar-refractivity contribution < 1.29 is 9.59 Å². The Kier molecular flexibility index (Phi) is 2.87. The molecule has 0 bridgehead atoms. The molecule has 2 amide bonds. The Morgan fingerprint density at radius 3 is 2.50 bits per heavy atom. The molecule has 2 aromatic carbocycles. The van der Waals surface area contributed by atoms with Gasteiger partial charge in [-0.25, -0.2) is 4.90 Å². The molecule has 0 radical (unpaired) electrons. The van der Waals surface area contributed by atoms with Gasteiger partial charge in [-0.2, -0.15) is 0 Å². The molecule has 4 nitrogen and oxygen atoms in total. The van der Waals surface area contributed by atoms with Crippen LogP contribution >= 0.6 is 15.9 Å². The van der Waals surface area contributed by atoms with E-state index in [-0.39, 0.29) is 17.4 Å². The lowest BCUT2D eigenvalue weighted by atomic mass is 10.1. The molecular formula is C15H11BrN2O2. The lowest BCUT2D eigenvalue weighted by Crippen LogP contribution is -2.29. The van der Waals surface area contributed by atoms with E-state index in [0.29, 0.717) is 16.9 Å². The molecule has 0 aromatic heterocycles. The summed E-state index contributed by atoms with van der Waals surface area (Å²) in [7, 11) is 0. The lowest BCUT2D eigenvalue weighted by molar-refractivity contribution is 0.0926. The number of nitrogens with two attached hydrogens (primary N) is 1. The van der Waals surface area contributed by atoms with Crippen molar-refractivity contribution in [3.8, 4) is 0 Å². The van der Waals surface area contributed by atoms with E-state index in [2.05, 4.69) is 15.9 Å². The van der Waals surface area contributed by atoms with Gasteiger partial charge in [0, 0.05) is 10.2 Å². The highest BCUT2D eigenvalue weighted by Gasteiger charge is 2.38. The number of rotatable bonds is 1. The molecule has 2 N–H and O–H groups in total. The molecule has 1 heterocycles. The minimum Gasteiger partial charge on any atom is -0.398 e. The summed E-state index contributed by atoms with van der Waals surface area (Å²) in [6.45, 7) is 1.90. The number of amides is 2. The first-order chi connectivity index (χ1) is 9.50. The number of nitrogens with zero attached hydrogens (tertiary/aromatic N) is 1. The maximum Gasteiger partial charge on any atom is 0.268 e. The van der Waals surface area contributed by atoms with Crippen molar-refractivity contribution in [2.45, 2.75) is 6.92 Å². The molecule has 0 fully saturated rings. The van der Waals surface area contributed by atoms with Gasteiger partial charge in [-0.15, -0.1) is 0 Å². The van der Waals surface area contributed by atoms with Crippen LogP contribution in [-0.2, 0) is 0 Å². The summed E-state index contributed by atoms with van der Waals surface area (Å²) in [6.07, 6.45) is 0. The predicted molar refractivity (Wildman–Crippen MR) is 80.9 cm³/mol. The summed E-state index contributed by atoms with van der Waals surface area (Å²) in [5.74, 6) is -0.705. The Morgan fingerprint density at radius 2 is 1.85 bits per heavy atom. The first-order valence-electron chi connectivity index (χ1n) is 6.04. The zero-order valence-electron chi connectivity index (χ0n) is 10.7. The van der Waals surface area contributed by atoms with E-state index < -0.39 is 0 Å². The van der Waals surface area contributed by atoms with Gasteiger partial charge in [0.15, 0.2) is 0 Å². The van der Waals surface area contributed by atoms with Gasteiger partial charge in [-0.05, 0) is 42.8 Å². The van der Waals surface area contributed by atoms with Gasteiger partial charge in [0.05, 0.1) is 16.8 Å². The number of fused-ring (bicyclic) bond motifs is 1. The number of nitrogen functional groups attached to an aromatic ring is 1. The molecule has 0 aliphatic carbocycles. The molecule has 0 saturated carbocycles. The third kappa shape index (κ3) is 1.74. The van der Waals surface area contributed by atoms with E-state index in [1.807, 2.05) is 13.0 Å². The number of anilines is 2. The van der Waals surface area contributed by atoms with Gasteiger partial charge in [0.1, 0.15) is 0 Å². The number of aryl methyl sites for hydroxylation is 1. The first-order valence-corrected chi connectivity index (χ1v) is 6.83. The molecule has 100 valence electrons. The van der Waals surface area contributed by atoms with Gasteiger partial charge >= 0.3 is 0 Å². The summed E-state index contributed by atoms with van der Waals surface area (Å²) >= 11 is 3.40. The fraction of sp³-hybridized carbons (Fsp3) is 0.0667. The zero-order valence-corrected chi connectivity index (χ0v) is 12.3. The van der Waals surface area contributed by atoms with E-state index >= 15 is 0 Å². The third-order valence-electron chi connectivity index (χ3n) is 3.35. The second-order valence-electron chi connectivity index (χ2n) is 4.65. The highest BCUT2D eigenvalue weighted by molar-refractivity contribution is 9.10. The monoisotopic (exact) mass is 330 g/mol. The van der Waals surface area contributed by atoms with Crippen LogP contribution < -0.4 is 10.6 Å². The van der Waals surface area contributed by atoms with Crippen molar-refractivity contribution in [1.29, 1.82) is 0 Å². The average Bonchev–Trinajstić information content (AvgIpc) is 2.67. The number of halogens is 1. The molecule has 0 unspecified atom stereocenters. The normalized spacial score (nSPS) is 13.8. The van der Waals surface area contributed by atoms with Crippen molar-refractivity contribution >= 4 is 39.1 Å². The van der Waals surface area contributed by atoms with Crippen molar-refractivity contribution in [3.63, 3.8) is 0 Å². The highest BCUT2D eigenvalue weighted by Crippen LogP contribution is 2.33. The Morgan fingerprint density at radius 1 is 1.10 bits per heavy atom. The van der Waals surface area contributed by atoms with Gasteiger partial charge in [0.2, 0.25) is 0 Å². The van der Waals surface area contributed by atoms with Crippen LogP contribution in [0.1, 0.15) is 26.3 Å². The van der Waals surface area contributed by atoms with Crippen LogP contribution in [0.4, 0.5) is 11.4 Å². The van der Waals surface area contributed by atoms with E-state index in [1.54, 1.807) is 30.3 Å². The van der Waals surface area contributed by atoms with E-state index in [9.17, 15) is 9.59 Å². The van der Waals surface area contributed by atoms with E-state index in [1.165, 1.54) is 4.90 Å². The number of hydrogen-bond donors (Lipinski definition) is 1. The highest BCUT2D eigenvalue weighted by atomic mass is 79.9. The van der Waals surface area contributed by atoms with Crippen LogP contribution in [0.25, 0.3) is 0 Å². The average molecular weight is 331 g/mol. The minimum atomic E-state index is -0.371. The molecule has 1 aliphatic heterocycles. The zero-order chi connectivity index (χ0) is 14.4. The van der Waals surface area contributed by atoms with Crippen LogP contribution in [0.2, 0.25) is 0 Å². The molecule has 3 rings (SSSR count). The summed E-state index contributed by atoms with van der Waals surface area (Å²) in [4.78, 5) is 26.0. The quantitative estimate of drug-likeness (QED) is 0.645. The SMILES string of the molecule is Cc1cc(N2C(=O)c3cccc(N)c3C2=O)ccc1Br. The van der Waals surface area contributed by atoms with Crippen molar-refractivity contribution in [3.05, 3.63) is 57.6 Å². The number of imide groups is 1. The van der Waals surface area contributed by atoms with E-state index in [0.717, 1.165) is 10.0 Å². The third-order valence-corrected chi connectivity index (χ3v) is 4.24. The second kappa shape index (κ2) is 4.45. The largest absolute Gasteiger partial charge is 0.398 e. The number of benzene rings is 2. The summed E-state index contributed by atoms with van der Waals surface area (Å²) in [5.41, 5.74) is 8.29. The Hall–Kier alpha value is -2.14. The lowest BCUT2D eigenvalue weighted by Gasteiger charge is -2.15. The van der Waals surface area contributed by atoms with Crippen LogP contribution in [0.5, 0.6) is 0 Å². The summed E-state index contributed by atoms with van der Waals surface area (Å²) in [6, 6.07) is 10.3. The van der Waals surface area contributed by atoms with Crippen LogP contribution in [0.3, 0.4) is 0 Å². The smallest absolute Gasteiger partial charge is 0.268 e. The predicted octanol–water partition coefficient (Wildman–Crippen LogP) is 3.14.